The molecule has 47 heavy (non-hydrogen) atoms. The first-order valence-corrected chi connectivity index (χ1v) is 17.3. The second-order valence-corrected chi connectivity index (χ2v) is 12.4. The van der Waals surface area contributed by atoms with Crippen LogP contribution in [0.1, 0.15) is 104 Å². The van der Waals surface area contributed by atoms with Gasteiger partial charge in [0.15, 0.2) is 23.0 Å². The lowest BCUT2D eigenvalue weighted by molar-refractivity contribution is -0.526. The Labute approximate surface area is 280 Å². The van der Waals surface area contributed by atoms with Crippen molar-refractivity contribution < 1.29 is 33.3 Å². The number of nitro groups is 1. The molecule has 10 nitrogen and oxygen atoms in total. The Bertz CT molecular complexity index is 1310. The van der Waals surface area contributed by atoms with E-state index in [0.29, 0.717) is 66.1 Å². The molecule has 0 aromatic heterocycles. The maximum atomic E-state index is 12.3. The van der Waals surface area contributed by atoms with E-state index in [9.17, 15) is 15.4 Å². The number of unbranched alkanes of at least 4 members (excludes halogenated alkanes) is 4. The molecular weight excluding hydrogens is 600 g/mol. The molecule has 0 aliphatic carbocycles. The van der Waals surface area contributed by atoms with Crippen LogP contribution < -0.4 is 28.4 Å². The lowest BCUT2D eigenvalue weighted by Gasteiger charge is -2.35. The summed E-state index contributed by atoms with van der Waals surface area (Å²) in [6.45, 7) is 9.58. The molecule has 1 aliphatic rings. The highest BCUT2D eigenvalue weighted by atomic mass is 16.6. The molecule has 1 heterocycles. The summed E-state index contributed by atoms with van der Waals surface area (Å²) in [5.74, 6) is 2.94. The summed E-state index contributed by atoms with van der Waals surface area (Å²) in [6, 6.07) is 11.0. The minimum absolute atomic E-state index is 0.0998. The van der Waals surface area contributed by atoms with Gasteiger partial charge in [0.25, 0.3) is 0 Å². The molecule has 4 unspecified atom stereocenters. The van der Waals surface area contributed by atoms with Crippen LogP contribution in [-0.4, -0.2) is 51.1 Å². The summed E-state index contributed by atoms with van der Waals surface area (Å²) in [5.41, 5.74) is -0.354. The number of ether oxygens (including phenoxy) is 6. The first kappa shape index (κ1) is 37.6. The molecular formula is C37H54N2O8. The molecule has 0 fully saturated rings. The SMILES string of the molecule is CCCCCOc1cc(C(C#N)(CCCC(CC2COc3ccccc3O2)[N+](=O)[O-])C(C)CC)c(OCCCCC)c(OC)c1OC. The lowest BCUT2D eigenvalue weighted by atomic mass is 9.67. The van der Waals surface area contributed by atoms with Crippen molar-refractivity contribution in [2.24, 2.45) is 5.92 Å². The molecule has 0 spiro atoms. The molecule has 0 saturated carbocycles. The van der Waals surface area contributed by atoms with Crippen LogP contribution in [-0.2, 0) is 5.41 Å². The van der Waals surface area contributed by atoms with Crippen molar-refractivity contribution in [1.82, 2.24) is 0 Å². The Morgan fingerprint density at radius 3 is 2.23 bits per heavy atom. The Morgan fingerprint density at radius 1 is 0.979 bits per heavy atom. The average molecular weight is 655 g/mol. The highest BCUT2D eigenvalue weighted by Gasteiger charge is 2.43. The second kappa shape index (κ2) is 19.1. The van der Waals surface area contributed by atoms with Gasteiger partial charge in [-0.3, -0.25) is 10.1 Å². The fraction of sp³-hybridized carbons (Fsp3) is 0.649. The summed E-state index contributed by atoms with van der Waals surface area (Å²) in [6.07, 6.45) is 7.49. The van der Waals surface area contributed by atoms with E-state index in [-0.39, 0.29) is 30.3 Å². The zero-order valence-electron chi connectivity index (χ0n) is 29.2. The minimum atomic E-state index is -1.03. The molecule has 10 heteroatoms. The van der Waals surface area contributed by atoms with E-state index in [1.165, 1.54) is 0 Å². The monoisotopic (exact) mass is 654 g/mol. The quantitative estimate of drug-likeness (QED) is 0.0697. The van der Waals surface area contributed by atoms with Crippen LogP contribution in [0.3, 0.4) is 0 Å². The molecule has 0 N–H and O–H groups in total. The van der Waals surface area contributed by atoms with E-state index in [1.807, 2.05) is 30.3 Å². The van der Waals surface area contributed by atoms with Gasteiger partial charge in [-0.15, -0.1) is 0 Å². The van der Waals surface area contributed by atoms with E-state index >= 15 is 0 Å². The highest BCUT2D eigenvalue weighted by Crippen LogP contribution is 2.53. The van der Waals surface area contributed by atoms with Crippen LogP contribution in [0.25, 0.3) is 0 Å². The molecule has 2 aromatic carbocycles. The van der Waals surface area contributed by atoms with Crippen molar-refractivity contribution in [2.45, 2.75) is 116 Å². The first-order chi connectivity index (χ1) is 22.8. The van der Waals surface area contributed by atoms with Gasteiger partial charge in [-0.05, 0) is 49.8 Å². The summed E-state index contributed by atoms with van der Waals surface area (Å²) in [4.78, 5) is 12.0. The van der Waals surface area contributed by atoms with Crippen LogP contribution in [0.15, 0.2) is 30.3 Å². The van der Waals surface area contributed by atoms with Crippen LogP contribution in [0, 0.1) is 27.4 Å². The third kappa shape index (κ3) is 9.59. The normalized spacial score (nSPS) is 16.3. The maximum absolute atomic E-state index is 12.3. The number of methoxy groups -OCH3 is 2. The van der Waals surface area contributed by atoms with Crippen molar-refractivity contribution in [3.8, 4) is 40.6 Å². The van der Waals surface area contributed by atoms with Crippen molar-refractivity contribution in [3.05, 3.63) is 46.0 Å². The number of nitriles is 1. The number of nitrogens with zero attached hydrogens (tertiary/aromatic N) is 2. The van der Waals surface area contributed by atoms with Gasteiger partial charge in [0, 0.05) is 16.9 Å². The van der Waals surface area contributed by atoms with Gasteiger partial charge >= 0.3 is 0 Å². The van der Waals surface area contributed by atoms with Crippen LogP contribution >= 0.6 is 0 Å². The van der Waals surface area contributed by atoms with E-state index in [2.05, 4.69) is 33.8 Å². The van der Waals surface area contributed by atoms with Gasteiger partial charge in [-0.1, -0.05) is 71.9 Å². The molecule has 3 rings (SSSR count). The molecule has 0 saturated heterocycles. The van der Waals surface area contributed by atoms with E-state index in [0.717, 1.165) is 44.9 Å². The van der Waals surface area contributed by atoms with Gasteiger partial charge in [-0.2, -0.15) is 5.26 Å². The third-order valence-electron chi connectivity index (χ3n) is 9.21. The highest BCUT2D eigenvalue weighted by molar-refractivity contribution is 5.65. The maximum Gasteiger partial charge on any atom is 0.216 e. The number of rotatable bonds is 22. The topological polar surface area (TPSA) is 122 Å². The average Bonchev–Trinajstić information content (AvgIpc) is 3.09. The molecule has 0 radical (unpaired) electrons. The number of para-hydroxylation sites is 2. The molecule has 1 aliphatic heterocycles. The summed E-state index contributed by atoms with van der Waals surface area (Å²) in [5, 5.41) is 23.3. The predicted molar refractivity (Wildman–Crippen MR) is 182 cm³/mol. The number of hydrogen-bond donors (Lipinski definition) is 0. The van der Waals surface area contributed by atoms with Crippen molar-refractivity contribution in [1.29, 1.82) is 5.26 Å². The van der Waals surface area contributed by atoms with Gasteiger partial charge in [0.05, 0.1) is 45.3 Å². The third-order valence-corrected chi connectivity index (χ3v) is 9.21. The Hall–Kier alpha value is -3.87. The second-order valence-electron chi connectivity index (χ2n) is 12.4. The largest absolute Gasteiger partial charge is 0.490 e. The van der Waals surface area contributed by atoms with Crippen molar-refractivity contribution >= 4 is 0 Å². The van der Waals surface area contributed by atoms with Crippen molar-refractivity contribution in [3.63, 3.8) is 0 Å². The summed E-state index contributed by atoms with van der Waals surface area (Å²) in [7, 11) is 3.14. The van der Waals surface area contributed by atoms with Gasteiger partial charge in [-0.25, -0.2) is 0 Å². The Balaban J connectivity index is 1.96. The molecule has 0 amide bonds. The standard InChI is InChI=1S/C37H54N2O8/c1-7-10-14-21-44-33-24-30(34(45-22-15-11-8-2)36(43-6)35(33)42-5)37(26-38,27(4)9-3)20-16-17-28(39(40)41)23-29-25-46-31-18-12-13-19-32(31)47-29/h12-13,18-19,24,27-29H,7-11,14-17,20-23,25H2,1-6H3. The summed E-state index contributed by atoms with van der Waals surface area (Å²) >= 11 is 0. The molecule has 260 valence electrons. The van der Waals surface area contributed by atoms with E-state index in [1.54, 1.807) is 14.2 Å². The number of benzene rings is 2. The smallest absolute Gasteiger partial charge is 0.216 e. The Kier molecular flexibility index (Phi) is 15.3. The minimum Gasteiger partial charge on any atom is -0.490 e. The molecule has 4 atom stereocenters. The summed E-state index contributed by atoms with van der Waals surface area (Å²) < 4.78 is 36.3. The zero-order valence-corrected chi connectivity index (χ0v) is 29.2. The molecule has 2 aromatic rings. The fourth-order valence-electron chi connectivity index (χ4n) is 6.25. The van der Waals surface area contributed by atoms with E-state index in [4.69, 9.17) is 28.4 Å². The van der Waals surface area contributed by atoms with Crippen molar-refractivity contribution in [2.75, 3.05) is 34.0 Å². The fourth-order valence-corrected chi connectivity index (χ4v) is 6.25. The molecule has 0 bridgehead atoms. The number of fused-ring (bicyclic) bond motifs is 1. The Morgan fingerprint density at radius 2 is 1.64 bits per heavy atom. The zero-order chi connectivity index (χ0) is 34.2. The predicted octanol–water partition coefficient (Wildman–Crippen LogP) is 8.69. The van der Waals surface area contributed by atoms with Crippen LogP contribution in [0.4, 0.5) is 0 Å². The van der Waals surface area contributed by atoms with Gasteiger partial charge in [0.1, 0.15) is 12.7 Å². The number of hydrogen-bond acceptors (Lipinski definition) is 9. The van der Waals surface area contributed by atoms with Gasteiger partial charge in [0.2, 0.25) is 17.5 Å². The van der Waals surface area contributed by atoms with E-state index < -0.39 is 17.6 Å². The van der Waals surface area contributed by atoms with Crippen LogP contribution in [0.5, 0.6) is 34.5 Å². The van der Waals surface area contributed by atoms with Crippen LogP contribution in [0.2, 0.25) is 0 Å². The first-order valence-electron chi connectivity index (χ1n) is 17.3. The van der Waals surface area contributed by atoms with Gasteiger partial charge < -0.3 is 28.4 Å². The lowest BCUT2D eigenvalue weighted by Crippen LogP contribution is -2.36.